The van der Waals surface area contributed by atoms with Gasteiger partial charge in [-0.25, -0.2) is 4.98 Å². The van der Waals surface area contributed by atoms with E-state index < -0.39 is 0 Å². The molecule has 3 rings (SSSR count). The number of aryl methyl sites for hydroxylation is 1. The summed E-state index contributed by atoms with van der Waals surface area (Å²) < 4.78 is 6.90. The van der Waals surface area contributed by atoms with Gasteiger partial charge in [0.2, 0.25) is 5.91 Å². The highest BCUT2D eigenvalue weighted by molar-refractivity contribution is 9.10. The molecule has 0 aliphatic rings. The molecule has 1 aromatic heterocycles. The van der Waals surface area contributed by atoms with Crippen molar-refractivity contribution in [3.63, 3.8) is 0 Å². The SMILES string of the molecule is Cc1nc(COc2ccccc2/C=C/C(=O)N(C)Cc2ccccc2Br)cs1. The van der Waals surface area contributed by atoms with Crippen molar-refractivity contribution in [2.45, 2.75) is 20.1 Å². The molecule has 0 aliphatic heterocycles. The molecule has 0 saturated heterocycles. The van der Waals surface area contributed by atoms with E-state index in [1.807, 2.05) is 60.8 Å². The first-order valence-electron chi connectivity index (χ1n) is 8.82. The van der Waals surface area contributed by atoms with Gasteiger partial charge in [-0.05, 0) is 30.7 Å². The second kappa shape index (κ2) is 9.66. The Morgan fingerprint density at radius 2 is 1.96 bits per heavy atom. The molecule has 144 valence electrons. The first kappa shape index (κ1) is 20.3. The molecule has 0 bridgehead atoms. The molecule has 0 unspecified atom stereocenters. The largest absolute Gasteiger partial charge is 0.487 e. The maximum atomic E-state index is 12.5. The zero-order valence-electron chi connectivity index (χ0n) is 15.8. The lowest BCUT2D eigenvalue weighted by molar-refractivity contribution is -0.125. The van der Waals surface area contributed by atoms with Crippen LogP contribution in [0.5, 0.6) is 5.75 Å². The van der Waals surface area contributed by atoms with Crippen molar-refractivity contribution in [2.24, 2.45) is 0 Å². The molecule has 3 aromatic rings. The van der Waals surface area contributed by atoms with Gasteiger partial charge in [0.1, 0.15) is 12.4 Å². The Balaban J connectivity index is 1.64. The lowest BCUT2D eigenvalue weighted by Gasteiger charge is -2.16. The highest BCUT2D eigenvalue weighted by Crippen LogP contribution is 2.22. The molecule has 0 radical (unpaired) electrons. The van der Waals surface area contributed by atoms with Crippen LogP contribution in [0.2, 0.25) is 0 Å². The van der Waals surface area contributed by atoms with Gasteiger partial charge in [0.05, 0.1) is 10.7 Å². The van der Waals surface area contributed by atoms with Crippen LogP contribution in [0.4, 0.5) is 0 Å². The summed E-state index contributed by atoms with van der Waals surface area (Å²) in [6.45, 7) is 2.91. The quantitative estimate of drug-likeness (QED) is 0.442. The van der Waals surface area contributed by atoms with E-state index in [0.29, 0.717) is 13.2 Å². The number of para-hydroxylation sites is 1. The van der Waals surface area contributed by atoms with Crippen LogP contribution < -0.4 is 4.74 Å². The van der Waals surface area contributed by atoms with E-state index in [1.165, 1.54) is 0 Å². The van der Waals surface area contributed by atoms with E-state index in [4.69, 9.17) is 4.74 Å². The van der Waals surface area contributed by atoms with Crippen LogP contribution in [0.3, 0.4) is 0 Å². The van der Waals surface area contributed by atoms with Crippen LogP contribution in [0, 0.1) is 6.92 Å². The lowest BCUT2D eigenvalue weighted by atomic mass is 10.1. The molecule has 0 atom stereocenters. The minimum absolute atomic E-state index is 0.0688. The molecule has 0 spiro atoms. The first-order chi connectivity index (χ1) is 13.5. The van der Waals surface area contributed by atoms with Crippen molar-refractivity contribution >= 4 is 39.2 Å². The van der Waals surface area contributed by atoms with Crippen molar-refractivity contribution in [3.05, 3.63) is 86.3 Å². The number of hydrogen-bond donors (Lipinski definition) is 0. The summed E-state index contributed by atoms with van der Waals surface area (Å²) in [6, 6.07) is 15.6. The summed E-state index contributed by atoms with van der Waals surface area (Å²) in [5.74, 6) is 0.659. The van der Waals surface area contributed by atoms with Gasteiger partial charge >= 0.3 is 0 Å². The summed E-state index contributed by atoms with van der Waals surface area (Å²) in [7, 11) is 1.79. The third kappa shape index (κ3) is 5.53. The standard InChI is InChI=1S/C22H21BrN2O2S/c1-16-24-19(15-28-16)14-27-21-10-6-4-7-17(21)11-12-22(26)25(2)13-18-8-3-5-9-20(18)23/h3-12,15H,13-14H2,1-2H3/b12-11+. The van der Waals surface area contributed by atoms with Crippen LogP contribution in [-0.2, 0) is 17.9 Å². The number of thiazole rings is 1. The number of ether oxygens (including phenoxy) is 1. The predicted octanol–water partition coefficient (Wildman–Crippen LogP) is 5.46. The van der Waals surface area contributed by atoms with Gasteiger partial charge in [-0.2, -0.15) is 0 Å². The minimum atomic E-state index is -0.0688. The van der Waals surface area contributed by atoms with Gasteiger partial charge in [-0.15, -0.1) is 11.3 Å². The van der Waals surface area contributed by atoms with E-state index in [0.717, 1.165) is 32.1 Å². The molecule has 1 amide bonds. The fourth-order valence-corrected chi connectivity index (χ4v) is 3.63. The van der Waals surface area contributed by atoms with Crippen molar-refractivity contribution < 1.29 is 9.53 Å². The zero-order valence-corrected chi connectivity index (χ0v) is 18.2. The number of amides is 1. The minimum Gasteiger partial charge on any atom is -0.487 e. The summed E-state index contributed by atoms with van der Waals surface area (Å²) in [6.07, 6.45) is 3.37. The number of aromatic nitrogens is 1. The number of likely N-dealkylation sites (N-methyl/N-ethyl adjacent to an activating group) is 1. The third-order valence-corrected chi connectivity index (χ3v) is 5.70. The molecular formula is C22H21BrN2O2S. The average Bonchev–Trinajstić information content (AvgIpc) is 3.12. The molecule has 0 saturated carbocycles. The predicted molar refractivity (Wildman–Crippen MR) is 117 cm³/mol. The van der Waals surface area contributed by atoms with Crippen LogP contribution in [0.1, 0.15) is 21.8 Å². The Kier molecular flexibility index (Phi) is 7.01. The Bertz CT molecular complexity index is 984. The van der Waals surface area contributed by atoms with Crippen LogP contribution in [0.15, 0.2) is 64.5 Å². The first-order valence-corrected chi connectivity index (χ1v) is 10.5. The smallest absolute Gasteiger partial charge is 0.246 e. The van der Waals surface area contributed by atoms with E-state index in [1.54, 1.807) is 35.4 Å². The fourth-order valence-electron chi connectivity index (χ4n) is 2.62. The van der Waals surface area contributed by atoms with E-state index >= 15 is 0 Å². The van der Waals surface area contributed by atoms with Gasteiger partial charge in [0.25, 0.3) is 0 Å². The highest BCUT2D eigenvalue weighted by Gasteiger charge is 2.09. The van der Waals surface area contributed by atoms with E-state index in [2.05, 4.69) is 20.9 Å². The Labute approximate surface area is 177 Å². The van der Waals surface area contributed by atoms with Gasteiger partial charge in [0, 0.05) is 35.1 Å². The van der Waals surface area contributed by atoms with Gasteiger partial charge in [0.15, 0.2) is 0 Å². The number of carbonyl (C=O) groups is 1. The highest BCUT2D eigenvalue weighted by atomic mass is 79.9. The summed E-state index contributed by atoms with van der Waals surface area (Å²) >= 11 is 5.12. The molecule has 0 fully saturated rings. The molecule has 0 aliphatic carbocycles. The number of benzene rings is 2. The normalized spacial score (nSPS) is 11.0. The average molecular weight is 457 g/mol. The molecule has 2 aromatic carbocycles. The molecule has 1 heterocycles. The Hall–Kier alpha value is -2.44. The second-order valence-electron chi connectivity index (χ2n) is 6.30. The third-order valence-electron chi connectivity index (χ3n) is 4.11. The molecule has 28 heavy (non-hydrogen) atoms. The van der Waals surface area contributed by atoms with Crippen molar-refractivity contribution in [3.8, 4) is 5.75 Å². The Morgan fingerprint density at radius 1 is 1.21 bits per heavy atom. The van der Waals surface area contributed by atoms with Gasteiger partial charge in [-0.3, -0.25) is 4.79 Å². The number of rotatable bonds is 7. The summed E-state index contributed by atoms with van der Waals surface area (Å²) in [5, 5.41) is 3.01. The summed E-state index contributed by atoms with van der Waals surface area (Å²) in [5.41, 5.74) is 2.83. The lowest BCUT2D eigenvalue weighted by Crippen LogP contribution is -2.24. The molecule has 4 nitrogen and oxygen atoms in total. The number of nitrogens with zero attached hydrogens (tertiary/aromatic N) is 2. The topological polar surface area (TPSA) is 42.4 Å². The summed E-state index contributed by atoms with van der Waals surface area (Å²) in [4.78, 5) is 18.6. The molecule has 0 N–H and O–H groups in total. The number of hydrogen-bond acceptors (Lipinski definition) is 4. The van der Waals surface area contributed by atoms with Gasteiger partial charge < -0.3 is 9.64 Å². The number of carbonyl (C=O) groups excluding carboxylic acids is 1. The molecule has 6 heteroatoms. The van der Waals surface area contributed by atoms with Crippen LogP contribution in [-0.4, -0.2) is 22.8 Å². The van der Waals surface area contributed by atoms with Crippen molar-refractivity contribution in [1.29, 1.82) is 0 Å². The zero-order chi connectivity index (χ0) is 19.9. The molecular weight excluding hydrogens is 436 g/mol. The maximum Gasteiger partial charge on any atom is 0.246 e. The van der Waals surface area contributed by atoms with Crippen molar-refractivity contribution in [2.75, 3.05) is 7.05 Å². The monoisotopic (exact) mass is 456 g/mol. The van der Waals surface area contributed by atoms with Crippen LogP contribution >= 0.6 is 27.3 Å². The van der Waals surface area contributed by atoms with Crippen molar-refractivity contribution in [1.82, 2.24) is 9.88 Å². The maximum absolute atomic E-state index is 12.5. The van der Waals surface area contributed by atoms with Gasteiger partial charge in [-0.1, -0.05) is 52.3 Å². The van der Waals surface area contributed by atoms with E-state index in [-0.39, 0.29) is 5.91 Å². The Morgan fingerprint density at radius 3 is 2.71 bits per heavy atom. The number of halogens is 1. The van der Waals surface area contributed by atoms with E-state index in [9.17, 15) is 4.79 Å². The van der Waals surface area contributed by atoms with Crippen LogP contribution in [0.25, 0.3) is 6.08 Å². The second-order valence-corrected chi connectivity index (χ2v) is 8.22. The fraction of sp³-hybridized carbons (Fsp3) is 0.182.